The molecule has 2 aromatic rings. The minimum absolute atomic E-state index is 0.760. The summed E-state index contributed by atoms with van der Waals surface area (Å²) in [7, 11) is 0. The number of aryl methyl sites for hydroxylation is 2. The summed E-state index contributed by atoms with van der Waals surface area (Å²) in [5.41, 5.74) is 6.90. The van der Waals surface area contributed by atoms with Gasteiger partial charge in [0.15, 0.2) is 0 Å². The van der Waals surface area contributed by atoms with Crippen molar-refractivity contribution in [2.45, 2.75) is 20.4 Å². The van der Waals surface area contributed by atoms with Crippen LogP contribution in [0.2, 0.25) is 0 Å². The Balaban J connectivity index is 2.22. The summed E-state index contributed by atoms with van der Waals surface area (Å²) in [5, 5.41) is 4.22. The van der Waals surface area contributed by atoms with Gasteiger partial charge in [-0.25, -0.2) is 4.68 Å². The molecule has 0 bridgehead atoms. The standard InChI is InChI=1S/C10H13N3S/c1-7-5-12-13(10(7)11)6-9-4-3-8(2)14-9/h3-5H,6,11H2,1-2H3. The Hall–Kier alpha value is -1.29. The Bertz CT molecular complexity index is 442. The number of rotatable bonds is 2. The van der Waals surface area contributed by atoms with Crippen LogP contribution in [0.1, 0.15) is 15.3 Å². The summed E-state index contributed by atoms with van der Waals surface area (Å²) in [6.45, 7) is 4.85. The minimum atomic E-state index is 0.760. The van der Waals surface area contributed by atoms with E-state index in [-0.39, 0.29) is 0 Å². The third kappa shape index (κ3) is 1.65. The maximum atomic E-state index is 5.86. The summed E-state index contributed by atoms with van der Waals surface area (Å²) >= 11 is 1.78. The van der Waals surface area contributed by atoms with Crippen LogP contribution in [0.15, 0.2) is 18.3 Å². The third-order valence-electron chi connectivity index (χ3n) is 2.17. The fraction of sp³-hybridized carbons (Fsp3) is 0.300. The minimum Gasteiger partial charge on any atom is -0.384 e. The van der Waals surface area contributed by atoms with Gasteiger partial charge in [0.1, 0.15) is 5.82 Å². The normalized spacial score (nSPS) is 10.7. The zero-order valence-corrected chi connectivity index (χ0v) is 9.14. The van der Waals surface area contributed by atoms with Crippen LogP contribution in [-0.4, -0.2) is 9.78 Å². The topological polar surface area (TPSA) is 43.8 Å². The van der Waals surface area contributed by atoms with E-state index in [1.165, 1.54) is 9.75 Å². The second kappa shape index (κ2) is 3.46. The Morgan fingerprint density at radius 3 is 2.71 bits per heavy atom. The Morgan fingerprint density at radius 1 is 1.43 bits per heavy atom. The fourth-order valence-electron chi connectivity index (χ4n) is 1.33. The number of aromatic nitrogens is 2. The van der Waals surface area contributed by atoms with E-state index >= 15 is 0 Å². The van der Waals surface area contributed by atoms with Crippen molar-refractivity contribution in [3.63, 3.8) is 0 Å². The highest BCUT2D eigenvalue weighted by atomic mass is 32.1. The van der Waals surface area contributed by atoms with Gasteiger partial charge in [0.25, 0.3) is 0 Å². The van der Waals surface area contributed by atoms with Gasteiger partial charge in [-0.3, -0.25) is 0 Å². The molecule has 0 atom stereocenters. The maximum Gasteiger partial charge on any atom is 0.125 e. The smallest absolute Gasteiger partial charge is 0.125 e. The molecule has 0 radical (unpaired) electrons. The van der Waals surface area contributed by atoms with Crippen LogP contribution in [0.3, 0.4) is 0 Å². The van der Waals surface area contributed by atoms with Gasteiger partial charge in [0, 0.05) is 15.3 Å². The average molecular weight is 207 g/mol. The largest absolute Gasteiger partial charge is 0.384 e. The molecule has 0 unspecified atom stereocenters. The Morgan fingerprint density at radius 2 is 2.21 bits per heavy atom. The van der Waals surface area contributed by atoms with Crippen LogP contribution in [0.5, 0.6) is 0 Å². The molecular formula is C10H13N3S. The molecule has 2 N–H and O–H groups in total. The van der Waals surface area contributed by atoms with Crippen LogP contribution in [0, 0.1) is 13.8 Å². The van der Waals surface area contributed by atoms with Crippen LogP contribution < -0.4 is 5.73 Å². The van der Waals surface area contributed by atoms with E-state index in [1.54, 1.807) is 17.5 Å². The van der Waals surface area contributed by atoms with Crippen molar-refractivity contribution in [2.24, 2.45) is 0 Å². The van der Waals surface area contributed by atoms with Gasteiger partial charge in [-0.1, -0.05) is 0 Å². The van der Waals surface area contributed by atoms with E-state index in [9.17, 15) is 0 Å². The first-order valence-electron chi connectivity index (χ1n) is 4.50. The molecule has 0 saturated carbocycles. The number of hydrogen-bond donors (Lipinski definition) is 1. The predicted octanol–water partition coefficient (Wildman–Crippen LogP) is 2.19. The highest BCUT2D eigenvalue weighted by Crippen LogP contribution is 2.18. The number of nitrogen functional groups attached to an aromatic ring is 1. The fourth-order valence-corrected chi connectivity index (χ4v) is 2.20. The van der Waals surface area contributed by atoms with Crippen molar-refractivity contribution in [1.29, 1.82) is 0 Å². The lowest BCUT2D eigenvalue weighted by Gasteiger charge is -2.01. The van der Waals surface area contributed by atoms with Crippen LogP contribution in [0.25, 0.3) is 0 Å². The van der Waals surface area contributed by atoms with Crippen molar-refractivity contribution in [3.8, 4) is 0 Å². The van der Waals surface area contributed by atoms with E-state index in [0.29, 0.717) is 0 Å². The number of thiophene rings is 1. The first-order chi connectivity index (χ1) is 6.66. The first-order valence-corrected chi connectivity index (χ1v) is 5.31. The van der Waals surface area contributed by atoms with Gasteiger partial charge >= 0.3 is 0 Å². The quantitative estimate of drug-likeness (QED) is 0.820. The van der Waals surface area contributed by atoms with E-state index in [1.807, 2.05) is 11.6 Å². The molecule has 0 amide bonds. The molecule has 2 heterocycles. The van der Waals surface area contributed by atoms with Gasteiger partial charge < -0.3 is 5.73 Å². The zero-order valence-electron chi connectivity index (χ0n) is 8.32. The second-order valence-corrected chi connectivity index (χ2v) is 4.76. The van der Waals surface area contributed by atoms with Gasteiger partial charge in [-0.05, 0) is 26.0 Å². The van der Waals surface area contributed by atoms with Crippen molar-refractivity contribution in [1.82, 2.24) is 9.78 Å². The lowest BCUT2D eigenvalue weighted by molar-refractivity contribution is 0.705. The van der Waals surface area contributed by atoms with Gasteiger partial charge in [0.05, 0.1) is 12.7 Å². The predicted molar refractivity (Wildman–Crippen MR) is 59.5 cm³/mol. The molecule has 74 valence electrons. The Kier molecular flexibility index (Phi) is 2.29. The third-order valence-corrected chi connectivity index (χ3v) is 3.16. The molecule has 0 saturated heterocycles. The number of nitrogens with zero attached hydrogens (tertiary/aromatic N) is 2. The maximum absolute atomic E-state index is 5.86. The molecular weight excluding hydrogens is 194 g/mol. The monoisotopic (exact) mass is 207 g/mol. The SMILES string of the molecule is Cc1ccc(Cn2ncc(C)c2N)s1. The Labute approximate surface area is 87.2 Å². The summed E-state index contributed by atoms with van der Waals surface area (Å²) in [5.74, 6) is 0.760. The van der Waals surface area contributed by atoms with Crippen LogP contribution >= 0.6 is 11.3 Å². The molecule has 2 aromatic heterocycles. The molecule has 3 nitrogen and oxygen atoms in total. The summed E-state index contributed by atoms with van der Waals surface area (Å²) in [6, 6.07) is 4.24. The number of hydrogen-bond acceptors (Lipinski definition) is 3. The van der Waals surface area contributed by atoms with Gasteiger partial charge in [-0.15, -0.1) is 11.3 Å². The number of nitrogens with two attached hydrogens (primary N) is 1. The highest BCUT2D eigenvalue weighted by Gasteiger charge is 2.04. The second-order valence-electron chi connectivity index (χ2n) is 3.38. The van der Waals surface area contributed by atoms with E-state index < -0.39 is 0 Å². The average Bonchev–Trinajstić information content (AvgIpc) is 2.67. The molecule has 0 fully saturated rings. The van der Waals surface area contributed by atoms with Crippen LogP contribution in [0.4, 0.5) is 5.82 Å². The van der Waals surface area contributed by atoms with Crippen molar-refractivity contribution in [3.05, 3.63) is 33.6 Å². The molecule has 0 aliphatic carbocycles. The van der Waals surface area contributed by atoms with Gasteiger partial charge in [-0.2, -0.15) is 5.10 Å². The lowest BCUT2D eigenvalue weighted by atomic mass is 10.4. The molecule has 14 heavy (non-hydrogen) atoms. The molecule has 0 spiro atoms. The summed E-state index contributed by atoms with van der Waals surface area (Å²) in [4.78, 5) is 2.61. The molecule has 2 rings (SSSR count). The molecule has 0 aliphatic heterocycles. The van der Waals surface area contributed by atoms with Crippen LogP contribution in [-0.2, 0) is 6.54 Å². The van der Waals surface area contributed by atoms with E-state index in [0.717, 1.165) is 17.9 Å². The summed E-state index contributed by atoms with van der Waals surface area (Å²) in [6.07, 6.45) is 1.80. The van der Waals surface area contributed by atoms with E-state index in [2.05, 4.69) is 24.2 Å². The summed E-state index contributed by atoms with van der Waals surface area (Å²) < 4.78 is 1.83. The van der Waals surface area contributed by atoms with Crippen molar-refractivity contribution >= 4 is 17.2 Å². The molecule has 4 heteroatoms. The van der Waals surface area contributed by atoms with Crippen molar-refractivity contribution in [2.75, 3.05) is 5.73 Å². The zero-order chi connectivity index (χ0) is 10.1. The van der Waals surface area contributed by atoms with E-state index in [4.69, 9.17) is 5.73 Å². The highest BCUT2D eigenvalue weighted by molar-refractivity contribution is 7.11. The van der Waals surface area contributed by atoms with Gasteiger partial charge in [0.2, 0.25) is 0 Å². The number of anilines is 1. The lowest BCUT2D eigenvalue weighted by Crippen LogP contribution is -2.04. The molecule has 0 aromatic carbocycles. The molecule has 0 aliphatic rings. The first kappa shape index (κ1) is 9.27. The van der Waals surface area contributed by atoms with Crippen molar-refractivity contribution < 1.29 is 0 Å².